The molecule has 1 saturated heterocycles. The molecule has 39 heavy (non-hydrogen) atoms. The van der Waals surface area contributed by atoms with E-state index < -0.39 is 11.4 Å². The predicted molar refractivity (Wildman–Crippen MR) is 151 cm³/mol. The van der Waals surface area contributed by atoms with Crippen LogP contribution < -0.4 is 15.0 Å². The first-order chi connectivity index (χ1) is 18.8. The molecule has 2 aliphatic heterocycles. The van der Waals surface area contributed by atoms with E-state index in [0.717, 1.165) is 47.9 Å². The number of para-hydroxylation sites is 1. The summed E-state index contributed by atoms with van der Waals surface area (Å²) < 4.78 is 12.0. The molecular weight excluding hydrogens is 490 g/mol. The van der Waals surface area contributed by atoms with Gasteiger partial charge in [-0.3, -0.25) is 4.79 Å². The number of aryl methyl sites for hydroxylation is 2. The highest BCUT2D eigenvalue weighted by molar-refractivity contribution is 5.82. The van der Waals surface area contributed by atoms with Crippen molar-refractivity contribution in [3.8, 4) is 17.0 Å². The predicted octanol–water partition coefficient (Wildman–Crippen LogP) is 4.82. The highest BCUT2D eigenvalue weighted by Crippen LogP contribution is 2.62. The topological polar surface area (TPSA) is 83.9 Å². The second kappa shape index (κ2) is 9.96. The molecule has 1 aromatic heterocycles. The molecule has 3 atom stereocenters. The fraction of sp³-hybridized carbons (Fsp3) is 0.438. The van der Waals surface area contributed by atoms with Gasteiger partial charge in [-0.2, -0.15) is 0 Å². The second-order valence-corrected chi connectivity index (χ2v) is 11.4. The molecule has 2 aromatic carbocycles. The molecule has 6 rings (SSSR count). The van der Waals surface area contributed by atoms with Crippen molar-refractivity contribution in [2.45, 2.75) is 52.8 Å². The first kappa shape index (κ1) is 25.8. The standard InChI is InChI=1S/C32H37N3O4/c1-19-7-5-8-25(30(19)39-17-22-13-20(2)26-15-33-12-11-24(26)21(22)3)27-9-6-10-29(34-27)35-16-23-14-32(23,31(36)37)28(35)18-38-4/h5-10,13,23,28,33H,11-12,14-18H2,1-4H3,(H,36,37)/t23?,28-,32-/m1/s1. The Bertz CT molecular complexity index is 1440. The number of methoxy groups -OCH3 is 1. The van der Waals surface area contributed by atoms with Crippen LogP contribution in [0.1, 0.15) is 39.8 Å². The highest BCUT2D eigenvalue weighted by atomic mass is 16.5. The number of ether oxygens (including phenoxy) is 2. The number of nitrogens with zero attached hydrogens (tertiary/aromatic N) is 2. The third-order valence-corrected chi connectivity index (χ3v) is 9.17. The molecule has 2 N–H and O–H groups in total. The summed E-state index contributed by atoms with van der Waals surface area (Å²) >= 11 is 0. The number of hydrogen-bond donors (Lipinski definition) is 2. The van der Waals surface area contributed by atoms with Gasteiger partial charge < -0.3 is 24.8 Å². The number of anilines is 1. The van der Waals surface area contributed by atoms with Gasteiger partial charge in [0.1, 0.15) is 18.2 Å². The molecule has 3 aliphatic rings. The third kappa shape index (κ3) is 4.28. The zero-order valence-electron chi connectivity index (χ0n) is 23.2. The molecule has 0 amide bonds. The van der Waals surface area contributed by atoms with Crippen molar-refractivity contribution in [3.63, 3.8) is 0 Å². The number of rotatable bonds is 8. The lowest BCUT2D eigenvalue weighted by molar-refractivity contribution is -0.144. The van der Waals surface area contributed by atoms with Gasteiger partial charge in [-0.1, -0.05) is 24.3 Å². The SMILES string of the molecule is COC[C@H]1N(c2cccc(-c3cccc(C)c3OCc3cc(C)c4c(c3C)CCNC4)n2)CC2C[C@@]21C(=O)O. The Morgan fingerprint density at radius 1 is 1.15 bits per heavy atom. The van der Waals surface area contributed by atoms with Crippen LogP contribution in [-0.2, 0) is 29.1 Å². The Labute approximate surface area is 230 Å². The molecule has 0 bridgehead atoms. The second-order valence-electron chi connectivity index (χ2n) is 11.4. The molecule has 0 radical (unpaired) electrons. The van der Waals surface area contributed by atoms with Crippen molar-refractivity contribution < 1.29 is 19.4 Å². The maximum absolute atomic E-state index is 12.2. The van der Waals surface area contributed by atoms with Crippen molar-refractivity contribution in [1.29, 1.82) is 0 Å². The Balaban J connectivity index is 1.30. The maximum Gasteiger partial charge on any atom is 0.312 e. The summed E-state index contributed by atoms with van der Waals surface area (Å²) in [5.41, 5.74) is 8.83. The molecule has 1 unspecified atom stereocenters. The first-order valence-electron chi connectivity index (χ1n) is 13.9. The summed E-state index contributed by atoms with van der Waals surface area (Å²) in [5.74, 6) is 1.02. The summed E-state index contributed by atoms with van der Waals surface area (Å²) in [6.45, 7) is 9.96. The zero-order valence-corrected chi connectivity index (χ0v) is 23.2. The number of nitrogens with one attached hydrogen (secondary N) is 1. The Kier molecular flexibility index (Phi) is 6.60. The quantitative estimate of drug-likeness (QED) is 0.434. The molecule has 1 aliphatic carbocycles. The van der Waals surface area contributed by atoms with Crippen molar-refractivity contribution in [2.24, 2.45) is 11.3 Å². The fourth-order valence-corrected chi connectivity index (χ4v) is 6.89. The van der Waals surface area contributed by atoms with E-state index in [2.05, 4.69) is 49.2 Å². The number of aliphatic carboxylic acids is 1. The van der Waals surface area contributed by atoms with E-state index in [0.29, 0.717) is 26.2 Å². The lowest BCUT2D eigenvalue weighted by Crippen LogP contribution is -2.43. The van der Waals surface area contributed by atoms with Gasteiger partial charge in [-0.05, 0) is 97.7 Å². The molecule has 1 saturated carbocycles. The Hall–Kier alpha value is -3.42. The van der Waals surface area contributed by atoms with Gasteiger partial charge in [-0.25, -0.2) is 4.98 Å². The van der Waals surface area contributed by atoms with E-state index >= 15 is 0 Å². The van der Waals surface area contributed by atoms with Gasteiger partial charge in [0.15, 0.2) is 0 Å². The van der Waals surface area contributed by atoms with Crippen LogP contribution in [0.5, 0.6) is 5.75 Å². The molecule has 2 fully saturated rings. The minimum Gasteiger partial charge on any atom is -0.488 e. The Morgan fingerprint density at radius 3 is 2.77 bits per heavy atom. The van der Waals surface area contributed by atoms with Crippen LogP contribution in [0.4, 0.5) is 5.82 Å². The summed E-state index contributed by atoms with van der Waals surface area (Å²) in [5, 5.41) is 13.5. The molecule has 7 heteroatoms. The van der Waals surface area contributed by atoms with Crippen LogP contribution >= 0.6 is 0 Å². The van der Waals surface area contributed by atoms with Gasteiger partial charge in [0, 0.05) is 25.8 Å². The van der Waals surface area contributed by atoms with Crippen molar-refractivity contribution in [3.05, 3.63) is 75.8 Å². The van der Waals surface area contributed by atoms with Crippen molar-refractivity contribution in [2.75, 3.05) is 31.7 Å². The van der Waals surface area contributed by atoms with E-state index in [1.165, 1.54) is 27.8 Å². The summed E-state index contributed by atoms with van der Waals surface area (Å²) in [6.07, 6.45) is 1.76. The van der Waals surface area contributed by atoms with Crippen LogP contribution in [0.25, 0.3) is 11.3 Å². The first-order valence-corrected chi connectivity index (χ1v) is 13.9. The number of hydrogen-bond acceptors (Lipinski definition) is 6. The van der Waals surface area contributed by atoms with Gasteiger partial charge >= 0.3 is 5.97 Å². The summed E-state index contributed by atoms with van der Waals surface area (Å²) in [6, 6.07) is 14.2. The minimum atomic E-state index is -0.730. The van der Waals surface area contributed by atoms with E-state index in [-0.39, 0.29) is 12.0 Å². The molecule has 204 valence electrons. The monoisotopic (exact) mass is 527 g/mol. The highest BCUT2D eigenvalue weighted by Gasteiger charge is 2.71. The van der Waals surface area contributed by atoms with E-state index in [4.69, 9.17) is 14.5 Å². The average Bonchev–Trinajstić information content (AvgIpc) is 3.59. The average molecular weight is 528 g/mol. The minimum absolute atomic E-state index is 0.137. The number of benzene rings is 2. The number of fused-ring (bicyclic) bond motifs is 2. The normalized spacial score (nSPS) is 23.3. The van der Waals surface area contributed by atoms with Crippen molar-refractivity contribution in [1.82, 2.24) is 10.3 Å². The van der Waals surface area contributed by atoms with Gasteiger partial charge in [0.25, 0.3) is 0 Å². The number of carboxylic acid groups (broad SMARTS) is 1. The van der Waals surface area contributed by atoms with Gasteiger partial charge in [-0.15, -0.1) is 0 Å². The molecule has 3 heterocycles. The molecule has 0 spiro atoms. The van der Waals surface area contributed by atoms with Gasteiger partial charge in [0.2, 0.25) is 0 Å². The fourth-order valence-electron chi connectivity index (χ4n) is 6.89. The van der Waals surface area contributed by atoms with Crippen LogP contribution in [0, 0.1) is 32.1 Å². The smallest absolute Gasteiger partial charge is 0.312 e. The van der Waals surface area contributed by atoms with Crippen LogP contribution in [0.15, 0.2) is 42.5 Å². The molecular formula is C32H37N3O4. The number of pyridine rings is 1. The number of carbonyl (C=O) groups is 1. The number of piperidine rings is 1. The van der Waals surface area contributed by atoms with Crippen LogP contribution in [-0.4, -0.2) is 48.9 Å². The molecule has 3 aromatic rings. The molecule has 7 nitrogen and oxygen atoms in total. The maximum atomic E-state index is 12.2. The third-order valence-electron chi connectivity index (χ3n) is 9.17. The van der Waals surface area contributed by atoms with Crippen LogP contribution in [0.2, 0.25) is 0 Å². The van der Waals surface area contributed by atoms with E-state index in [1.54, 1.807) is 7.11 Å². The number of aromatic nitrogens is 1. The summed E-state index contributed by atoms with van der Waals surface area (Å²) in [4.78, 5) is 19.4. The van der Waals surface area contributed by atoms with Crippen LogP contribution in [0.3, 0.4) is 0 Å². The van der Waals surface area contributed by atoms with Crippen molar-refractivity contribution >= 4 is 11.8 Å². The van der Waals surface area contributed by atoms with Gasteiger partial charge in [0.05, 0.1) is 23.8 Å². The van der Waals surface area contributed by atoms with E-state index in [1.807, 2.05) is 24.3 Å². The zero-order chi connectivity index (χ0) is 27.3. The number of carboxylic acids is 1. The summed E-state index contributed by atoms with van der Waals surface area (Å²) in [7, 11) is 1.63. The lowest BCUT2D eigenvalue weighted by Gasteiger charge is -2.31. The lowest BCUT2D eigenvalue weighted by atomic mass is 9.89. The largest absolute Gasteiger partial charge is 0.488 e. The van der Waals surface area contributed by atoms with E-state index in [9.17, 15) is 9.90 Å². The Morgan fingerprint density at radius 2 is 1.97 bits per heavy atom.